The zero-order valence-electron chi connectivity index (χ0n) is 12.3. The molecule has 112 valence electrons. The second-order valence-electron chi connectivity index (χ2n) is 5.84. The first-order valence-electron chi connectivity index (χ1n) is 7.58. The van der Waals surface area contributed by atoms with Gasteiger partial charge >= 0.3 is 0 Å². The van der Waals surface area contributed by atoms with E-state index in [4.69, 9.17) is 0 Å². The van der Waals surface area contributed by atoms with Crippen molar-refractivity contribution in [3.8, 4) is 0 Å². The highest BCUT2D eigenvalue weighted by atomic mass is 32.2. The van der Waals surface area contributed by atoms with Crippen LogP contribution in [-0.4, -0.2) is 20.7 Å². The van der Waals surface area contributed by atoms with Crippen LogP contribution in [0, 0.1) is 0 Å². The molecule has 1 N–H and O–H groups in total. The average molecular weight is 295 g/mol. The monoisotopic (exact) mass is 295 g/mol. The van der Waals surface area contributed by atoms with Crippen molar-refractivity contribution < 1.29 is 8.42 Å². The van der Waals surface area contributed by atoms with Crippen LogP contribution >= 0.6 is 0 Å². The molecule has 0 heterocycles. The Bertz CT molecular complexity index is 500. The van der Waals surface area contributed by atoms with Gasteiger partial charge in [-0.1, -0.05) is 44.2 Å². The minimum absolute atomic E-state index is 0.396. The molecular formula is C16H25NO2S. The fourth-order valence-corrected chi connectivity index (χ4v) is 3.41. The third-order valence-electron chi connectivity index (χ3n) is 4.05. The van der Waals surface area contributed by atoms with E-state index in [-0.39, 0.29) is 0 Å². The van der Waals surface area contributed by atoms with E-state index in [2.05, 4.69) is 5.32 Å². The summed E-state index contributed by atoms with van der Waals surface area (Å²) in [6.07, 6.45) is 10.5. The van der Waals surface area contributed by atoms with E-state index in [1.54, 1.807) is 12.1 Å². The van der Waals surface area contributed by atoms with Gasteiger partial charge in [-0.15, -0.1) is 0 Å². The number of hydrogen-bond acceptors (Lipinski definition) is 3. The lowest BCUT2D eigenvalue weighted by Crippen LogP contribution is -2.29. The van der Waals surface area contributed by atoms with Gasteiger partial charge in [0.1, 0.15) is 0 Å². The highest BCUT2D eigenvalue weighted by Crippen LogP contribution is 2.18. The van der Waals surface area contributed by atoms with E-state index in [1.807, 2.05) is 12.1 Å². The Morgan fingerprint density at radius 2 is 1.55 bits per heavy atom. The van der Waals surface area contributed by atoms with Gasteiger partial charge < -0.3 is 5.32 Å². The Morgan fingerprint density at radius 3 is 2.10 bits per heavy atom. The van der Waals surface area contributed by atoms with E-state index in [1.165, 1.54) is 51.2 Å². The van der Waals surface area contributed by atoms with Crippen LogP contribution in [0.15, 0.2) is 29.2 Å². The molecule has 1 aromatic rings. The van der Waals surface area contributed by atoms with Gasteiger partial charge in [-0.05, 0) is 30.5 Å². The van der Waals surface area contributed by atoms with Crippen LogP contribution in [-0.2, 0) is 16.4 Å². The van der Waals surface area contributed by atoms with Gasteiger partial charge in [-0.2, -0.15) is 0 Å². The van der Waals surface area contributed by atoms with Gasteiger partial charge in [-0.25, -0.2) is 8.42 Å². The van der Waals surface area contributed by atoms with E-state index < -0.39 is 9.84 Å². The van der Waals surface area contributed by atoms with Crippen LogP contribution in [0.5, 0.6) is 0 Å². The summed E-state index contributed by atoms with van der Waals surface area (Å²) in [6, 6.07) is 7.83. The molecule has 0 atom stereocenters. The van der Waals surface area contributed by atoms with Crippen LogP contribution in [0.4, 0.5) is 0 Å². The number of rotatable bonds is 4. The van der Waals surface area contributed by atoms with Crippen molar-refractivity contribution in [3.63, 3.8) is 0 Å². The molecule has 1 saturated carbocycles. The first-order chi connectivity index (χ1) is 9.55. The summed E-state index contributed by atoms with van der Waals surface area (Å²) in [5.74, 6) is 0. The number of hydrogen-bond donors (Lipinski definition) is 1. The molecule has 1 aromatic carbocycles. The predicted octanol–water partition coefficient (Wildman–Crippen LogP) is 3.29. The molecule has 0 aromatic heterocycles. The SMILES string of the molecule is CS(=O)(=O)c1ccc(CNC2CCCCCCC2)cc1. The lowest BCUT2D eigenvalue weighted by molar-refractivity contribution is 0.389. The van der Waals surface area contributed by atoms with Gasteiger partial charge in [0.2, 0.25) is 0 Å². The number of sulfone groups is 1. The Hall–Kier alpha value is -0.870. The maximum atomic E-state index is 11.4. The largest absolute Gasteiger partial charge is 0.310 e. The lowest BCUT2D eigenvalue weighted by atomic mass is 9.96. The topological polar surface area (TPSA) is 46.2 Å². The van der Waals surface area contributed by atoms with Crippen molar-refractivity contribution in [3.05, 3.63) is 29.8 Å². The standard InChI is InChI=1S/C16H25NO2S/c1-20(18,19)16-11-9-14(10-12-16)13-17-15-7-5-3-2-4-6-8-15/h9-12,15,17H,2-8,13H2,1H3. The molecular weight excluding hydrogens is 270 g/mol. The summed E-state index contributed by atoms with van der Waals surface area (Å²) < 4.78 is 22.8. The van der Waals surface area contributed by atoms with E-state index in [0.717, 1.165) is 12.1 Å². The Labute approximate surface area is 122 Å². The van der Waals surface area contributed by atoms with Crippen molar-refractivity contribution in [2.24, 2.45) is 0 Å². The second-order valence-corrected chi connectivity index (χ2v) is 7.85. The first-order valence-corrected chi connectivity index (χ1v) is 9.47. The molecule has 1 aliphatic rings. The van der Waals surface area contributed by atoms with Gasteiger partial charge in [0.15, 0.2) is 9.84 Å². The summed E-state index contributed by atoms with van der Waals surface area (Å²) in [6.45, 7) is 0.828. The normalized spacial score (nSPS) is 18.4. The van der Waals surface area contributed by atoms with Crippen molar-refractivity contribution >= 4 is 9.84 Å². The first kappa shape index (κ1) is 15.5. The molecule has 20 heavy (non-hydrogen) atoms. The van der Waals surface area contributed by atoms with Gasteiger partial charge in [-0.3, -0.25) is 0 Å². The molecule has 0 bridgehead atoms. The molecule has 0 unspecified atom stereocenters. The van der Waals surface area contributed by atoms with E-state index >= 15 is 0 Å². The fraction of sp³-hybridized carbons (Fsp3) is 0.625. The molecule has 0 amide bonds. The molecule has 2 rings (SSSR count). The number of benzene rings is 1. The fourth-order valence-electron chi connectivity index (χ4n) is 2.78. The summed E-state index contributed by atoms with van der Waals surface area (Å²) in [7, 11) is -3.08. The van der Waals surface area contributed by atoms with E-state index in [0.29, 0.717) is 10.9 Å². The van der Waals surface area contributed by atoms with Gasteiger partial charge in [0, 0.05) is 18.8 Å². The Kier molecular flexibility index (Phi) is 5.61. The highest BCUT2D eigenvalue weighted by molar-refractivity contribution is 7.90. The summed E-state index contributed by atoms with van der Waals surface area (Å²) in [5, 5.41) is 3.61. The van der Waals surface area contributed by atoms with Crippen LogP contribution in [0.2, 0.25) is 0 Å². The lowest BCUT2D eigenvalue weighted by Gasteiger charge is -2.21. The highest BCUT2D eigenvalue weighted by Gasteiger charge is 2.11. The third kappa shape index (κ3) is 4.91. The third-order valence-corrected chi connectivity index (χ3v) is 5.18. The molecule has 4 heteroatoms. The molecule has 0 spiro atoms. The van der Waals surface area contributed by atoms with Crippen LogP contribution in [0.3, 0.4) is 0 Å². The average Bonchev–Trinajstić information content (AvgIpc) is 2.37. The smallest absolute Gasteiger partial charge is 0.175 e. The maximum Gasteiger partial charge on any atom is 0.175 e. The second kappa shape index (κ2) is 7.23. The zero-order chi connectivity index (χ0) is 14.4. The van der Waals surface area contributed by atoms with Crippen molar-refractivity contribution in [1.29, 1.82) is 0 Å². The summed E-state index contributed by atoms with van der Waals surface area (Å²) in [5.41, 5.74) is 1.15. The summed E-state index contributed by atoms with van der Waals surface area (Å²) in [4.78, 5) is 0.396. The molecule has 0 radical (unpaired) electrons. The van der Waals surface area contributed by atoms with Crippen molar-refractivity contribution in [1.82, 2.24) is 5.32 Å². The molecule has 1 fully saturated rings. The van der Waals surface area contributed by atoms with Crippen LogP contribution in [0.1, 0.15) is 50.5 Å². The van der Waals surface area contributed by atoms with Crippen molar-refractivity contribution in [2.45, 2.75) is 62.4 Å². The molecule has 0 saturated heterocycles. The van der Waals surface area contributed by atoms with Crippen LogP contribution < -0.4 is 5.32 Å². The van der Waals surface area contributed by atoms with E-state index in [9.17, 15) is 8.42 Å². The predicted molar refractivity (Wildman–Crippen MR) is 82.5 cm³/mol. The van der Waals surface area contributed by atoms with Gasteiger partial charge in [0.05, 0.1) is 4.90 Å². The van der Waals surface area contributed by atoms with Crippen LogP contribution in [0.25, 0.3) is 0 Å². The maximum absolute atomic E-state index is 11.4. The minimum atomic E-state index is -3.08. The summed E-state index contributed by atoms with van der Waals surface area (Å²) >= 11 is 0. The minimum Gasteiger partial charge on any atom is -0.310 e. The quantitative estimate of drug-likeness (QED) is 0.927. The zero-order valence-corrected chi connectivity index (χ0v) is 13.1. The molecule has 0 aliphatic heterocycles. The Morgan fingerprint density at radius 1 is 1.00 bits per heavy atom. The Balaban J connectivity index is 1.86. The molecule has 3 nitrogen and oxygen atoms in total. The molecule has 1 aliphatic carbocycles. The van der Waals surface area contributed by atoms with Gasteiger partial charge in [0.25, 0.3) is 0 Å². The van der Waals surface area contributed by atoms with Crippen molar-refractivity contribution in [2.75, 3.05) is 6.26 Å². The number of nitrogens with one attached hydrogen (secondary N) is 1.